The molecule has 1 aromatic rings. The van der Waals surface area contributed by atoms with Gasteiger partial charge < -0.3 is 14.2 Å². The van der Waals surface area contributed by atoms with Crippen LogP contribution in [0.4, 0.5) is 0 Å². The van der Waals surface area contributed by atoms with E-state index in [1.54, 1.807) is 0 Å². The molecule has 0 bridgehead atoms. The number of ether oxygens (including phenoxy) is 1. The second kappa shape index (κ2) is 8.67. The number of likely N-dealkylation sites (tertiary alicyclic amines) is 2. The van der Waals surface area contributed by atoms with Crippen LogP contribution in [0.2, 0.25) is 0 Å². The summed E-state index contributed by atoms with van der Waals surface area (Å²) in [5.41, 5.74) is 0. The zero-order valence-corrected chi connectivity index (χ0v) is 16.5. The fourth-order valence-corrected chi connectivity index (χ4v) is 4.47. The average Bonchev–Trinajstić information content (AvgIpc) is 3.33. The molecule has 1 aromatic heterocycles. The van der Waals surface area contributed by atoms with E-state index < -0.39 is 0 Å². The van der Waals surface area contributed by atoms with E-state index in [1.807, 2.05) is 4.90 Å². The summed E-state index contributed by atoms with van der Waals surface area (Å²) in [6, 6.07) is 0. The molecule has 4 heterocycles. The van der Waals surface area contributed by atoms with Crippen molar-refractivity contribution < 1.29 is 9.53 Å². The number of hydrogen-bond donors (Lipinski definition) is 0. The van der Waals surface area contributed by atoms with Gasteiger partial charge in [0.05, 0.1) is 26.3 Å². The van der Waals surface area contributed by atoms with Crippen LogP contribution in [0.5, 0.6) is 0 Å². The Labute approximate surface area is 161 Å². The van der Waals surface area contributed by atoms with Gasteiger partial charge >= 0.3 is 0 Å². The number of carbonyl (C=O) groups excluding carboxylic acids is 1. The Balaban J connectivity index is 1.36. The van der Waals surface area contributed by atoms with E-state index in [0.29, 0.717) is 6.54 Å². The minimum absolute atomic E-state index is 0.237. The number of amides is 1. The van der Waals surface area contributed by atoms with Crippen LogP contribution in [0, 0.1) is 0 Å². The number of rotatable bonds is 5. The highest BCUT2D eigenvalue weighted by atomic mass is 16.5. The van der Waals surface area contributed by atoms with E-state index in [-0.39, 0.29) is 11.8 Å². The Morgan fingerprint density at radius 2 is 1.81 bits per heavy atom. The van der Waals surface area contributed by atoms with Crippen LogP contribution in [-0.2, 0) is 23.1 Å². The van der Waals surface area contributed by atoms with Crippen molar-refractivity contribution in [3.8, 4) is 0 Å². The maximum Gasteiger partial charge on any atom is 0.236 e. The Kier molecular flexibility index (Phi) is 6.04. The first-order valence-electron chi connectivity index (χ1n) is 10.4. The molecule has 0 saturated carbocycles. The van der Waals surface area contributed by atoms with Crippen LogP contribution in [0.1, 0.15) is 43.3 Å². The molecule has 4 rings (SSSR count). The second-order valence-corrected chi connectivity index (χ2v) is 8.08. The number of morpholine rings is 1. The van der Waals surface area contributed by atoms with E-state index in [9.17, 15) is 4.79 Å². The van der Waals surface area contributed by atoms with Crippen molar-refractivity contribution in [2.75, 3.05) is 59.0 Å². The van der Waals surface area contributed by atoms with Gasteiger partial charge in [0, 0.05) is 39.1 Å². The number of nitrogens with zero attached hydrogens (tertiary/aromatic N) is 6. The van der Waals surface area contributed by atoms with Crippen molar-refractivity contribution in [3.63, 3.8) is 0 Å². The fourth-order valence-electron chi connectivity index (χ4n) is 4.47. The van der Waals surface area contributed by atoms with Gasteiger partial charge in [0.2, 0.25) is 5.91 Å². The molecule has 0 spiro atoms. The molecule has 8 heteroatoms. The zero-order chi connectivity index (χ0) is 18.6. The van der Waals surface area contributed by atoms with Crippen LogP contribution in [0.3, 0.4) is 0 Å². The highest BCUT2D eigenvalue weighted by Gasteiger charge is 2.29. The minimum Gasteiger partial charge on any atom is -0.379 e. The molecule has 0 aromatic carbocycles. The molecule has 1 atom stereocenters. The van der Waals surface area contributed by atoms with Gasteiger partial charge in [-0.05, 0) is 38.8 Å². The van der Waals surface area contributed by atoms with Gasteiger partial charge in [0.15, 0.2) is 0 Å². The van der Waals surface area contributed by atoms with Crippen molar-refractivity contribution in [1.82, 2.24) is 29.5 Å². The SMILES string of the molecule is Cn1c(CN2CCCC2)nnc1[C@H]1CCCN(C(=O)CN2CCOCC2)C1. The van der Waals surface area contributed by atoms with Crippen LogP contribution in [0.15, 0.2) is 0 Å². The topological polar surface area (TPSA) is 66.7 Å². The molecule has 3 aliphatic heterocycles. The summed E-state index contributed by atoms with van der Waals surface area (Å²) in [4.78, 5) is 19.4. The van der Waals surface area contributed by atoms with Crippen molar-refractivity contribution in [3.05, 3.63) is 11.6 Å². The lowest BCUT2D eigenvalue weighted by Crippen LogP contribution is -2.47. The lowest BCUT2D eigenvalue weighted by molar-refractivity contribution is -0.134. The first-order chi connectivity index (χ1) is 13.2. The lowest BCUT2D eigenvalue weighted by Gasteiger charge is -2.34. The van der Waals surface area contributed by atoms with Crippen LogP contribution in [-0.4, -0.2) is 94.4 Å². The molecule has 3 saturated heterocycles. The van der Waals surface area contributed by atoms with Gasteiger partial charge in [-0.1, -0.05) is 0 Å². The third-order valence-corrected chi connectivity index (χ3v) is 6.16. The number of hydrogen-bond acceptors (Lipinski definition) is 6. The molecule has 0 N–H and O–H groups in total. The van der Waals surface area contributed by atoms with Gasteiger partial charge in [-0.25, -0.2) is 0 Å². The van der Waals surface area contributed by atoms with E-state index in [1.165, 1.54) is 12.8 Å². The van der Waals surface area contributed by atoms with E-state index in [4.69, 9.17) is 4.74 Å². The van der Waals surface area contributed by atoms with Gasteiger partial charge in [-0.15, -0.1) is 10.2 Å². The second-order valence-electron chi connectivity index (χ2n) is 8.08. The number of carbonyl (C=O) groups is 1. The Hall–Kier alpha value is -1.51. The van der Waals surface area contributed by atoms with Crippen molar-refractivity contribution >= 4 is 5.91 Å². The average molecular weight is 377 g/mol. The summed E-state index contributed by atoms with van der Waals surface area (Å²) in [7, 11) is 2.08. The van der Waals surface area contributed by atoms with E-state index in [2.05, 4.69) is 31.6 Å². The Morgan fingerprint density at radius 3 is 2.59 bits per heavy atom. The molecule has 3 fully saturated rings. The molecular formula is C19H32N6O2. The van der Waals surface area contributed by atoms with Crippen LogP contribution >= 0.6 is 0 Å². The lowest BCUT2D eigenvalue weighted by atomic mass is 9.97. The van der Waals surface area contributed by atoms with Crippen LogP contribution in [0.25, 0.3) is 0 Å². The summed E-state index contributed by atoms with van der Waals surface area (Å²) in [6.45, 7) is 8.51. The van der Waals surface area contributed by atoms with Gasteiger partial charge in [-0.3, -0.25) is 14.6 Å². The maximum atomic E-state index is 12.8. The molecular weight excluding hydrogens is 344 g/mol. The summed E-state index contributed by atoms with van der Waals surface area (Å²) in [5.74, 6) is 2.61. The predicted octanol–water partition coefficient (Wildman–Crippen LogP) is 0.449. The largest absolute Gasteiger partial charge is 0.379 e. The molecule has 8 nitrogen and oxygen atoms in total. The third kappa shape index (κ3) is 4.50. The maximum absolute atomic E-state index is 12.8. The molecule has 1 amide bonds. The molecule has 27 heavy (non-hydrogen) atoms. The number of piperidine rings is 1. The monoisotopic (exact) mass is 376 g/mol. The van der Waals surface area contributed by atoms with Crippen molar-refractivity contribution in [2.24, 2.45) is 7.05 Å². The first kappa shape index (κ1) is 18.8. The van der Waals surface area contributed by atoms with Crippen LogP contribution < -0.4 is 0 Å². The zero-order valence-electron chi connectivity index (χ0n) is 16.5. The predicted molar refractivity (Wildman–Crippen MR) is 101 cm³/mol. The number of aromatic nitrogens is 3. The van der Waals surface area contributed by atoms with E-state index >= 15 is 0 Å². The fraction of sp³-hybridized carbons (Fsp3) is 0.842. The van der Waals surface area contributed by atoms with Crippen molar-refractivity contribution in [2.45, 2.75) is 38.1 Å². The van der Waals surface area contributed by atoms with Crippen molar-refractivity contribution in [1.29, 1.82) is 0 Å². The normalized spacial score (nSPS) is 25.2. The molecule has 150 valence electrons. The molecule has 3 aliphatic rings. The van der Waals surface area contributed by atoms with Gasteiger partial charge in [0.1, 0.15) is 11.6 Å². The standard InChI is InChI=1S/C19H32N6O2/c1-22-17(14-23-6-2-3-7-23)20-21-19(22)16-5-4-8-25(13-16)18(26)15-24-9-11-27-12-10-24/h16H,2-15H2,1H3/t16-/m0/s1. The summed E-state index contributed by atoms with van der Waals surface area (Å²) in [5, 5.41) is 8.98. The Morgan fingerprint density at radius 1 is 1.04 bits per heavy atom. The third-order valence-electron chi connectivity index (χ3n) is 6.16. The smallest absolute Gasteiger partial charge is 0.236 e. The minimum atomic E-state index is 0.237. The molecule has 0 unspecified atom stereocenters. The van der Waals surface area contributed by atoms with E-state index in [0.717, 1.165) is 83.5 Å². The summed E-state index contributed by atoms with van der Waals surface area (Å²) < 4.78 is 7.54. The molecule has 0 radical (unpaired) electrons. The summed E-state index contributed by atoms with van der Waals surface area (Å²) >= 11 is 0. The highest BCUT2D eigenvalue weighted by molar-refractivity contribution is 5.78. The quantitative estimate of drug-likeness (QED) is 0.743. The first-order valence-corrected chi connectivity index (χ1v) is 10.4. The Bertz CT molecular complexity index is 636. The van der Waals surface area contributed by atoms with Gasteiger partial charge in [-0.2, -0.15) is 0 Å². The van der Waals surface area contributed by atoms with Gasteiger partial charge in [0.25, 0.3) is 0 Å². The highest BCUT2D eigenvalue weighted by Crippen LogP contribution is 2.26. The molecule has 0 aliphatic carbocycles. The summed E-state index contributed by atoms with van der Waals surface area (Å²) in [6.07, 6.45) is 4.69.